The molecule has 0 rings (SSSR count). The number of rotatable bonds is 11. The van der Waals surface area contributed by atoms with Gasteiger partial charge in [-0.1, -0.05) is 51.9 Å². The number of carbonyl (C=O) groups is 2. The van der Waals surface area contributed by atoms with E-state index in [0.717, 1.165) is 19.3 Å². The lowest BCUT2D eigenvalue weighted by Crippen LogP contribution is -2.27. The average Bonchev–Trinajstić information content (AvgIpc) is 2.30. The molecular formula is C14H22O4-2. The summed E-state index contributed by atoms with van der Waals surface area (Å²) in [5, 5.41) is 20.9. The van der Waals surface area contributed by atoms with Crippen molar-refractivity contribution >= 4 is 11.9 Å². The standard InChI is InChI=1S/C14H24O4/c1-2-3-4-5-6-7-8-9-10-12(14(17)18)11-13(15)16/h11H,2-10H2,1H3,(H,15,16)(H,17,18)/p-2/b12-11-. The van der Waals surface area contributed by atoms with Gasteiger partial charge in [-0.05, 0) is 24.5 Å². The van der Waals surface area contributed by atoms with Crippen LogP contribution in [-0.2, 0) is 9.59 Å². The lowest BCUT2D eigenvalue weighted by Gasteiger charge is -2.09. The van der Waals surface area contributed by atoms with Crippen molar-refractivity contribution in [3.8, 4) is 0 Å². The Balaban J connectivity index is 3.63. The van der Waals surface area contributed by atoms with Crippen LogP contribution in [0, 0.1) is 0 Å². The fourth-order valence-electron chi connectivity index (χ4n) is 1.82. The number of aliphatic carboxylic acids is 2. The lowest BCUT2D eigenvalue weighted by molar-refractivity contribution is -0.303. The van der Waals surface area contributed by atoms with Gasteiger partial charge in [-0.15, -0.1) is 0 Å². The van der Waals surface area contributed by atoms with Gasteiger partial charge in [0.15, 0.2) is 0 Å². The van der Waals surface area contributed by atoms with Gasteiger partial charge < -0.3 is 19.8 Å². The summed E-state index contributed by atoms with van der Waals surface area (Å²) in [5.41, 5.74) is -0.180. The van der Waals surface area contributed by atoms with Crippen LogP contribution in [0.3, 0.4) is 0 Å². The molecule has 104 valence electrons. The monoisotopic (exact) mass is 254 g/mol. The molecule has 4 nitrogen and oxygen atoms in total. The molecule has 0 saturated heterocycles. The quantitative estimate of drug-likeness (QED) is 0.406. The number of carboxylic acid groups (broad SMARTS) is 2. The van der Waals surface area contributed by atoms with Gasteiger partial charge in [-0.25, -0.2) is 0 Å². The number of hydrogen-bond donors (Lipinski definition) is 0. The Morgan fingerprint density at radius 1 is 0.889 bits per heavy atom. The van der Waals surface area contributed by atoms with Crippen molar-refractivity contribution in [3.63, 3.8) is 0 Å². The first-order valence-electron chi connectivity index (χ1n) is 6.70. The summed E-state index contributed by atoms with van der Waals surface area (Å²) in [6.07, 6.45) is 9.65. The Morgan fingerprint density at radius 3 is 1.83 bits per heavy atom. The molecule has 0 heterocycles. The Kier molecular flexibility index (Phi) is 10.0. The molecule has 0 atom stereocenters. The molecule has 0 aliphatic carbocycles. The molecule has 0 aromatic rings. The maximum atomic E-state index is 10.6. The molecule has 18 heavy (non-hydrogen) atoms. The molecule has 0 unspecified atom stereocenters. The molecule has 0 spiro atoms. The zero-order valence-corrected chi connectivity index (χ0v) is 11.1. The summed E-state index contributed by atoms with van der Waals surface area (Å²) in [7, 11) is 0. The maximum Gasteiger partial charge on any atom is 0.0675 e. The second-order valence-corrected chi connectivity index (χ2v) is 4.50. The van der Waals surface area contributed by atoms with Crippen LogP contribution >= 0.6 is 0 Å². The number of unbranched alkanes of at least 4 members (excludes halogenated alkanes) is 7. The normalized spacial score (nSPS) is 11.5. The summed E-state index contributed by atoms with van der Waals surface area (Å²) in [5.74, 6) is -2.89. The van der Waals surface area contributed by atoms with Crippen molar-refractivity contribution in [2.24, 2.45) is 0 Å². The fourth-order valence-corrected chi connectivity index (χ4v) is 1.82. The molecule has 0 radical (unpaired) electrons. The highest BCUT2D eigenvalue weighted by Crippen LogP contribution is 2.12. The van der Waals surface area contributed by atoms with Crippen molar-refractivity contribution < 1.29 is 19.8 Å². The first kappa shape index (κ1) is 16.7. The highest BCUT2D eigenvalue weighted by molar-refractivity contribution is 5.92. The van der Waals surface area contributed by atoms with Crippen molar-refractivity contribution in [2.75, 3.05) is 0 Å². The van der Waals surface area contributed by atoms with E-state index in [1.165, 1.54) is 25.7 Å². The van der Waals surface area contributed by atoms with E-state index in [1.54, 1.807) is 0 Å². The minimum Gasteiger partial charge on any atom is -0.545 e. The zero-order valence-electron chi connectivity index (χ0n) is 11.1. The van der Waals surface area contributed by atoms with Crippen LogP contribution in [0.4, 0.5) is 0 Å². The van der Waals surface area contributed by atoms with Gasteiger partial charge in [0.05, 0.1) is 11.9 Å². The third-order valence-corrected chi connectivity index (χ3v) is 2.85. The van der Waals surface area contributed by atoms with Crippen LogP contribution in [0.25, 0.3) is 0 Å². The summed E-state index contributed by atoms with van der Waals surface area (Å²) >= 11 is 0. The van der Waals surface area contributed by atoms with E-state index in [2.05, 4.69) is 6.92 Å². The molecular weight excluding hydrogens is 232 g/mol. The minimum absolute atomic E-state index is 0.180. The van der Waals surface area contributed by atoms with E-state index >= 15 is 0 Å². The molecule has 0 bridgehead atoms. The van der Waals surface area contributed by atoms with Gasteiger partial charge >= 0.3 is 0 Å². The fraction of sp³-hybridized carbons (Fsp3) is 0.714. The van der Waals surface area contributed by atoms with Crippen LogP contribution in [-0.4, -0.2) is 11.9 Å². The Labute approximate surface area is 109 Å². The topological polar surface area (TPSA) is 80.3 Å². The number of hydrogen-bond acceptors (Lipinski definition) is 4. The van der Waals surface area contributed by atoms with Crippen molar-refractivity contribution in [3.05, 3.63) is 11.6 Å². The Bertz CT molecular complexity index is 282. The van der Waals surface area contributed by atoms with Crippen molar-refractivity contribution in [1.29, 1.82) is 0 Å². The predicted molar refractivity (Wildman–Crippen MR) is 65.3 cm³/mol. The summed E-state index contributed by atoms with van der Waals surface area (Å²) in [6, 6.07) is 0. The van der Waals surface area contributed by atoms with Gasteiger partial charge in [0.25, 0.3) is 0 Å². The maximum absolute atomic E-state index is 10.6. The summed E-state index contributed by atoms with van der Waals surface area (Å²) in [6.45, 7) is 2.17. The highest BCUT2D eigenvalue weighted by atomic mass is 16.4. The molecule has 0 fully saturated rings. The zero-order chi connectivity index (χ0) is 13.8. The third kappa shape index (κ3) is 9.87. The largest absolute Gasteiger partial charge is 0.545 e. The number of carbonyl (C=O) groups excluding carboxylic acids is 2. The third-order valence-electron chi connectivity index (χ3n) is 2.85. The molecule has 0 aromatic carbocycles. The minimum atomic E-state index is -1.48. The van der Waals surface area contributed by atoms with Crippen LogP contribution in [0.5, 0.6) is 0 Å². The molecule has 4 heteroatoms. The van der Waals surface area contributed by atoms with Crippen LogP contribution in [0.1, 0.15) is 64.7 Å². The van der Waals surface area contributed by atoms with Gasteiger partial charge in [0.2, 0.25) is 0 Å². The SMILES string of the molecule is CCCCCCCCCC/C(=C/C(=O)[O-])C(=O)[O-]. The van der Waals surface area contributed by atoms with Crippen LogP contribution < -0.4 is 10.2 Å². The van der Waals surface area contributed by atoms with Gasteiger partial charge in [0.1, 0.15) is 0 Å². The van der Waals surface area contributed by atoms with E-state index in [-0.39, 0.29) is 12.0 Å². The van der Waals surface area contributed by atoms with Gasteiger partial charge in [-0.2, -0.15) is 0 Å². The van der Waals surface area contributed by atoms with Crippen molar-refractivity contribution in [2.45, 2.75) is 64.7 Å². The van der Waals surface area contributed by atoms with E-state index in [0.29, 0.717) is 12.5 Å². The van der Waals surface area contributed by atoms with Gasteiger partial charge in [-0.3, -0.25) is 0 Å². The summed E-state index contributed by atoms with van der Waals surface area (Å²) < 4.78 is 0. The first-order chi connectivity index (χ1) is 8.57. The highest BCUT2D eigenvalue weighted by Gasteiger charge is 1.99. The molecule has 0 saturated carbocycles. The average molecular weight is 254 g/mol. The molecule has 0 amide bonds. The Hall–Kier alpha value is -1.32. The van der Waals surface area contributed by atoms with Crippen LogP contribution in [0.15, 0.2) is 11.6 Å². The molecule has 0 aliphatic heterocycles. The van der Waals surface area contributed by atoms with Gasteiger partial charge in [0, 0.05) is 0 Å². The molecule has 0 aromatic heterocycles. The molecule has 0 aliphatic rings. The number of carboxylic acids is 2. The summed E-state index contributed by atoms with van der Waals surface area (Å²) in [4.78, 5) is 20.9. The van der Waals surface area contributed by atoms with E-state index in [1.807, 2.05) is 0 Å². The second kappa shape index (κ2) is 10.8. The lowest BCUT2D eigenvalue weighted by atomic mass is 10.0. The Morgan fingerprint density at radius 2 is 1.39 bits per heavy atom. The second-order valence-electron chi connectivity index (χ2n) is 4.50. The van der Waals surface area contributed by atoms with Crippen LogP contribution in [0.2, 0.25) is 0 Å². The first-order valence-corrected chi connectivity index (χ1v) is 6.70. The smallest absolute Gasteiger partial charge is 0.0675 e. The molecule has 0 N–H and O–H groups in total. The predicted octanol–water partition coefficient (Wildman–Crippen LogP) is 0.943. The van der Waals surface area contributed by atoms with E-state index in [4.69, 9.17) is 0 Å². The van der Waals surface area contributed by atoms with Crippen molar-refractivity contribution in [1.82, 2.24) is 0 Å². The van der Waals surface area contributed by atoms with E-state index in [9.17, 15) is 19.8 Å². The van der Waals surface area contributed by atoms with E-state index < -0.39 is 11.9 Å².